The average Bonchev–Trinajstić information content (AvgIpc) is 2.04. The van der Waals surface area contributed by atoms with Gasteiger partial charge in [-0.3, -0.25) is 0 Å². The lowest BCUT2D eigenvalue weighted by molar-refractivity contribution is 0.259. The van der Waals surface area contributed by atoms with Crippen LogP contribution in [0.4, 0.5) is 0 Å². The maximum absolute atomic E-state index is 8.34. The normalized spacial score (nSPS) is 15.2. The van der Waals surface area contributed by atoms with Crippen LogP contribution in [0.3, 0.4) is 0 Å². The molecule has 0 aliphatic heterocycles. The first-order valence-electron chi connectivity index (χ1n) is 4.28. The predicted molar refractivity (Wildman–Crippen MR) is 50.4 cm³/mol. The zero-order valence-corrected chi connectivity index (χ0v) is 8.12. The van der Waals surface area contributed by atoms with E-state index in [-0.39, 0.29) is 0 Å². The molecule has 0 fully saturated rings. The molecule has 0 spiro atoms. The molecular formula is C8H19N3O. The number of hydrogen-bond acceptors (Lipinski definition) is 3. The highest BCUT2D eigenvalue weighted by Gasteiger charge is 2.09. The summed E-state index contributed by atoms with van der Waals surface area (Å²) in [4.78, 5) is 2.19. The summed E-state index contributed by atoms with van der Waals surface area (Å²) >= 11 is 0. The van der Waals surface area contributed by atoms with Gasteiger partial charge in [0.2, 0.25) is 0 Å². The molecule has 0 radical (unpaired) electrons. The topological polar surface area (TPSA) is 61.8 Å². The molecule has 0 aromatic heterocycles. The molecule has 0 aromatic rings. The number of hydrogen-bond donors (Lipinski definition) is 2. The minimum absolute atomic E-state index is 0.297. The lowest BCUT2D eigenvalue weighted by Gasteiger charge is -2.23. The third-order valence-corrected chi connectivity index (χ3v) is 1.96. The van der Waals surface area contributed by atoms with Gasteiger partial charge in [-0.25, -0.2) is 0 Å². The molecule has 0 saturated heterocycles. The first-order valence-corrected chi connectivity index (χ1v) is 4.28. The monoisotopic (exact) mass is 173 g/mol. The molecule has 4 nitrogen and oxygen atoms in total. The number of nitrogens with zero attached hydrogens (tertiary/aromatic N) is 2. The Morgan fingerprint density at radius 2 is 2.25 bits per heavy atom. The summed E-state index contributed by atoms with van der Waals surface area (Å²) in [5.74, 6) is 0.297. The largest absolute Gasteiger partial charge is 0.409 e. The summed E-state index contributed by atoms with van der Waals surface area (Å²) in [5, 5.41) is 11.3. The second-order valence-electron chi connectivity index (χ2n) is 3.13. The molecule has 3 N–H and O–H groups in total. The molecule has 0 heterocycles. The summed E-state index contributed by atoms with van der Waals surface area (Å²) < 4.78 is 0. The van der Waals surface area contributed by atoms with Crippen molar-refractivity contribution in [3.63, 3.8) is 0 Å². The minimum atomic E-state index is 0.297. The van der Waals surface area contributed by atoms with Crippen molar-refractivity contribution in [2.45, 2.75) is 32.7 Å². The van der Waals surface area contributed by atoms with Crippen molar-refractivity contribution in [1.82, 2.24) is 4.90 Å². The fourth-order valence-corrected chi connectivity index (χ4v) is 1.07. The molecule has 0 amide bonds. The Hall–Kier alpha value is -0.770. The van der Waals surface area contributed by atoms with Gasteiger partial charge in [-0.05, 0) is 26.9 Å². The van der Waals surface area contributed by atoms with Crippen LogP contribution < -0.4 is 5.73 Å². The molecule has 72 valence electrons. The summed E-state index contributed by atoms with van der Waals surface area (Å²) in [6.07, 6.45) is 1.74. The van der Waals surface area contributed by atoms with E-state index in [1.165, 1.54) is 0 Å². The fourth-order valence-electron chi connectivity index (χ4n) is 1.07. The molecule has 0 aliphatic carbocycles. The van der Waals surface area contributed by atoms with E-state index >= 15 is 0 Å². The second-order valence-corrected chi connectivity index (χ2v) is 3.13. The lowest BCUT2D eigenvalue weighted by Crippen LogP contribution is -2.33. The lowest BCUT2D eigenvalue weighted by atomic mass is 10.2. The van der Waals surface area contributed by atoms with E-state index in [9.17, 15) is 0 Å². The van der Waals surface area contributed by atoms with Crippen LogP contribution in [0.5, 0.6) is 0 Å². The van der Waals surface area contributed by atoms with Crippen molar-refractivity contribution < 1.29 is 5.21 Å². The Labute approximate surface area is 74.0 Å². The summed E-state index contributed by atoms with van der Waals surface area (Å²) in [7, 11) is 2.04. The molecule has 0 aliphatic rings. The van der Waals surface area contributed by atoms with Gasteiger partial charge >= 0.3 is 0 Å². The molecule has 1 unspecified atom stereocenters. The van der Waals surface area contributed by atoms with Crippen LogP contribution in [0.15, 0.2) is 5.16 Å². The third-order valence-electron chi connectivity index (χ3n) is 1.96. The summed E-state index contributed by atoms with van der Waals surface area (Å²) in [6, 6.07) is 0.334. The first kappa shape index (κ1) is 11.2. The van der Waals surface area contributed by atoms with Crippen molar-refractivity contribution in [3.05, 3.63) is 0 Å². The molecule has 0 saturated carbocycles. The van der Waals surface area contributed by atoms with E-state index in [4.69, 9.17) is 10.9 Å². The van der Waals surface area contributed by atoms with Crippen LogP contribution >= 0.6 is 0 Å². The molecule has 12 heavy (non-hydrogen) atoms. The summed E-state index contributed by atoms with van der Waals surface area (Å²) in [5.41, 5.74) is 5.38. The summed E-state index contributed by atoms with van der Waals surface area (Å²) in [6.45, 7) is 5.24. The zero-order valence-electron chi connectivity index (χ0n) is 8.12. The van der Waals surface area contributed by atoms with Gasteiger partial charge < -0.3 is 15.8 Å². The van der Waals surface area contributed by atoms with Gasteiger partial charge in [-0.15, -0.1) is 0 Å². The van der Waals surface area contributed by atoms with Gasteiger partial charge in [-0.1, -0.05) is 12.1 Å². The van der Waals surface area contributed by atoms with Crippen molar-refractivity contribution in [2.75, 3.05) is 13.6 Å². The van der Waals surface area contributed by atoms with Gasteiger partial charge in [0.25, 0.3) is 0 Å². The first-order chi connectivity index (χ1) is 5.61. The van der Waals surface area contributed by atoms with Crippen LogP contribution in [0.2, 0.25) is 0 Å². The van der Waals surface area contributed by atoms with E-state index in [0.717, 1.165) is 13.0 Å². The number of rotatable bonds is 5. The smallest absolute Gasteiger partial charge is 0.140 e. The highest BCUT2D eigenvalue weighted by Crippen LogP contribution is 2.01. The maximum Gasteiger partial charge on any atom is 0.140 e. The quantitative estimate of drug-likeness (QED) is 0.280. The van der Waals surface area contributed by atoms with Crippen molar-refractivity contribution >= 4 is 5.84 Å². The minimum Gasteiger partial charge on any atom is -0.409 e. The Kier molecular flexibility index (Phi) is 5.45. The zero-order chi connectivity index (χ0) is 9.56. The molecule has 4 heteroatoms. The Morgan fingerprint density at radius 1 is 1.67 bits per heavy atom. The van der Waals surface area contributed by atoms with Gasteiger partial charge in [0.05, 0.1) is 0 Å². The highest BCUT2D eigenvalue weighted by atomic mass is 16.4. The third kappa shape index (κ3) is 4.18. The van der Waals surface area contributed by atoms with E-state index in [1.54, 1.807) is 0 Å². The van der Waals surface area contributed by atoms with Gasteiger partial charge in [0, 0.05) is 12.5 Å². The standard InChI is InChI=1S/C8H19N3O/c1-4-5-11(3)7(2)6-8(9)10-12/h7,12H,4-6H2,1-3H3,(H2,9,10). The van der Waals surface area contributed by atoms with Gasteiger partial charge in [0.1, 0.15) is 5.84 Å². The molecule has 1 atom stereocenters. The predicted octanol–water partition coefficient (Wildman–Crippen LogP) is 0.853. The Balaban J connectivity index is 3.77. The molecule has 0 rings (SSSR count). The average molecular weight is 173 g/mol. The van der Waals surface area contributed by atoms with E-state index in [2.05, 4.69) is 23.9 Å². The van der Waals surface area contributed by atoms with Crippen molar-refractivity contribution in [3.8, 4) is 0 Å². The van der Waals surface area contributed by atoms with Gasteiger partial charge in [0.15, 0.2) is 0 Å². The SMILES string of the molecule is CCCN(C)C(C)CC(N)=NO. The van der Waals surface area contributed by atoms with Crippen LogP contribution in [0, 0.1) is 0 Å². The van der Waals surface area contributed by atoms with Crippen molar-refractivity contribution in [1.29, 1.82) is 0 Å². The van der Waals surface area contributed by atoms with Gasteiger partial charge in [-0.2, -0.15) is 0 Å². The number of nitrogens with two attached hydrogens (primary N) is 1. The maximum atomic E-state index is 8.34. The number of oxime groups is 1. The fraction of sp³-hybridized carbons (Fsp3) is 0.875. The molecular weight excluding hydrogens is 154 g/mol. The van der Waals surface area contributed by atoms with E-state index < -0.39 is 0 Å². The molecule has 0 bridgehead atoms. The Morgan fingerprint density at radius 3 is 2.67 bits per heavy atom. The molecule has 0 aromatic carbocycles. The van der Waals surface area contributed by atoms with E-state index in [1.807, 2.05) is 7.05 Å². The van der Waals surface area contributed by atoms with E-state index in [0.29, 0.717) is 18.3 Å². The Bertz CT molecular complexity index is 147. The van der Waals surface area contributed by atoms with Crippen LogP contribution in [-0.4, -0.2) is 35.6 Å². The van der Waals surface area contributed by atoms with Crippen LogP contribution in [0.25, 0.3) is 0 Å². The van der Waals surface area contributed by atoms with Crippen LogP contribution in [0.1, 0.15) is 26.7 Å². The second kappa shape index (κ2) is 5.83. The number of amidine groups is 1. The highest BCUT2D eigenvalue weighted by molar-refractivity contribution is 5.80. The van der Waals surface area contributed by atoms with Crippen LogP contribution in [-0.2, 0) is 0 Å². The van der Waals surface area contributed by atoms with Crippen molar-refractivity contribution in [2.24, 2.45) is 10.9 Å².